The molecule has 1 saturated carbocycles. The molecule has 0 atom stereocenters. The summed E-state index contributed by atoms with van der Waals surface area (Å²) in [5.74, 6) is 0.569. The number of carbonyl (C=O) groups excluding carboxylic acids is 1. The van der Waals surface area contributed by atoms with Crippen molar-refractivity contribution < 1.29 is 4.79 Å². The van der Waals surface area contributed by atoms with Crippen LogP contribution < -0.4 is 10.9 Å². The number of nitrogens with one attached hydrogen (secondary N) is 2. The van der Waals surface area contributed by atoms with Gasteiger partial charge >= 0.3 is 0 Å². The second-order valence-electron chi connectivity index (χ2n) is 5.00. The van der Waals surface area contributed by atoms with Crippen molar-refractivity contribution in [2.75, 3.05) is 0 Å². The largest absolute Gasteiger partial charge is 0.347 e. The van der Waals surface area contributed by atoms with Gasteiger partial charge in [0.15, 0.2) is 0 Å². The molecule has 3 rings (SSSR count). The summed E-state index contributed by atoms with van der Waals surface area (Å²) in [6.45, 7) is 0.361. The molecule has 1 fully saturated rings. The molecule has 2 N–H and O–H groups in total. The zero-order valence-electron chi connectivity index (χ0n) is 11.1. The van der Waals surface area contributed by atoms with Crippen LogP contribution in [-0.2, 0) is 13.6 Å². The summed E-state index contributed by atoms with van der Waals surface area (Å²) in [7, 11) is 1.81. The first-order valence-electron chi connectivity index (χ1n) is 6.49. The van der Waals surface area contributed by atoms with Crippen LogP contribution in [0.1, 0.15) is 40.6 Å². The van der Waals surface area contributed by atoms with Crippen LogP contribution in [0.15, 0.2) is 23.3 Å². The van der Waals surface area contributed by atoms with E-state index in [4.69, 9.17) is 0 Å². The first-order chi connectivity index (χ1) is 9.61. The average molecular weight is 273 g/mol. The highest BCUT2D eigenvalue weighted by molar-refractivity contribution is 5.92. The van der Waals surface area contributed by atoms with Gasteiger partial charge in [0.1, 0.15) is 11.5 Å². The SMILES string of the molecule is Cn1cc(CNC(=O)c2cc(=O)[nH]c(C3CC3)n2)cn1. The maximum atomic E-state index is 12.0. The zero-order chi connectivity index (χ0) is 14.1. The summed E-state index contributed by atoms with van der Waals surface area (Å²) < 4.78 is 1.66. The number of nitrogens with zero attached hydrogens (tertiary/aromatic N) is 3. The van der Waals surface area contributed by atoms with Crippen molar-refractivity contribution in [1.82, 2.24) is 25.1 Å². The number of amides is 1. The van der Waals surface area contributed by atoms with E-state index in [1.807, 2.05) is 13.2 Å². The van der Waals surface area contributed by atoms with E-state index in [-0.39, 0.29) is 17.2 Å². The Hall–Kier alpha value is -2.44. The van der Waals surface area contributed by atoms with Gasteiger partial charge in [-0.25, -0.2) is 4.98 Å². The summed E-state index contributed by atoms with van der Waals surface area (Å²) in [5.41, 5.74) is 0.779. The molecule has 2 heterocycles. The number of aromatic amines is 1. The predicted molar refractivity (Wildman–Crippen MR) is 71.2 cm³/mol. The van der Waals surface area contributed by atoms with E-state index in [0.29, 0.717) is 18.3 Å². The van der Waals surface area contributed by atoms with Gasteiger partial charge in [0.05, 0.1) is 6.20 Å². The van der Waals surface area contributed by atoms with Gasteiger partial charge in [-0.15, -0.1) is 0 Å². The van der Waals surface area contributed by atoms with Crippen LogP contribution in [0.5, 0.6) is 0 Å². The van der Waals surface area contributed by atoms with Crippen molar-refractivity contribution in [3.8, 4) is 0 Å². The van der Waals surface area contributed by atoms with Gasteiger partial charge < -0.3 is 10.3 Å². The minimum Gasteiger partial charge on any atom is -0.347 e. The van der Waals surface area contributed by atoms with Crippen LogP contribution in [0.3, 0.4) is 0 Å². The molecule has 20 heavy (non-hydrogen) atoms. The van der Waals surface area contributed by atoms with E-state index in [9.17, 15) is 9.59 Å². The molecule has 1 amide bonds. The highest BCUT2D eigenvalue weighted by atomic mass is 16.2. The third-order valence-corrected chi connectivity index (χ3v) is 3.17. The first kappa shape index (κ1) is 12.6. The molecule has 7 nitrogen and oxygen atoms in total. The van der Waals surface area contributed by atoms with E-state index < -0.39 is 0 Å². The quantitative estimate of drug-likeness (QED) is 0.838. The van der Waals surface area contributed by atoms with Crippen molar-refractivity contribution in [2.24, 2.45) is 7.05 Å². The predicted octanol–water partition coefficient (Wildman–Crippen LogP) is 0.311. The highest BCUT2D eigenvalue weighted by Crippen LogP contribution is 2.37. The summed E-state index contributed by atoms with van der Waals surface area (Å²) in [4.78, 5) is 30.5. The van der Waals surface area contributed by atoms with Crippen molar-refractivity contribution >= 4 is 5.91 Å². The normalized spacial score (nSPS) is 14.2. The Morgan fingerprint density at radius 1 is 1.55 bits per heavy atom. The van der Waals surface area contributed by atoms with Gasteiger partial charge in [0.2, 0.25) is 0 Å². The Kier molecular flexibility index (Phi) is 3.09. The molecule has 1 aliphatic carbocycles. The molecule has 0 radical (unpaired) electrons. The molecule has 0 unspecified atom stereocenters. The second-order valence-corrected chi connectivity index (χ2v) is 5.00. The fourth-order valence-corrected chi connectivity index (χ4v) is 1.98. The van der Waals surface area contributed by atoms with Crippen LogP contribution >= 0.6 is 0 Å². The molecule has 104 valence electrons. The van der Waals surface area contributed by atoms with E-state index in [1.165, 1.54) is 6.07 Å². The lowest BCUT2D eigenvalue weighted by molar-refractivity contribution is 0.0945. The lowest BCUT2D eigenvalue weighted by Gasteiger charge is -2.04. The summed E-state index contributed by atoms with van der Waals surface area (Å²) in [6.07, 6.45) is 5.54. The lowest BCUT2D eigenvalue weighted by Crippen LogP contribution is -2.26. The maximum Gasteiger partial charge on any atom is 0.270 e. The number of aromatic nitrogens is 4. The number of aryl methyl sites for hydroxylation is 1. The smallest absolute Gasteiger partial charge is 0.270 e. The Balaban J connectivity index is 1.71. The van der Waals surface area contributed by atoms with Crippen LogP contribution in [0.25, 0.3) is 0 Å². The van der Waals surface area contributed by atoms with E-state index in [0.717, 1.165) is 18.4 Å². The zero-order valence-corrected chi connectivity index (χ0v) is 11.1. The van der Waals surface area contributed by atoms with Crippen LogP contribution in [0.2, 0.25) is 0 Å². The number of hydrogen-bond acceptors (Lipinski definition) is 4. The van der Waals surface area contributed by atoms with E-state index in [2.05, 4.69) is 20.4 Å². The van der Waals surface area contributed by atoms with Gasteiger partial charge in [-0.05, 0) is 12.8 Å². The van der Waals surface area contributed by atoms with Crippen molar-refractivity contribution in [3.63, 3.8) is 0 Å². The number of carbonyl (C=O) groups is 1. The molecule has 0 spiro atoms. The molecule has 0 saturated heterocycles. The summed E-state index contributed by atoms with van der Waals surface area (Å²) >= 11 is 0. The van der Waals surface area contributed by atoms with E-state index in [1.54, 1.807) is 10.9 Å². The summed E-state index contributed by atoms with van der Waals surface area (Å²) in [6, 6.07) is 1.23. The van der Waals surface area contributed by atoms with Crippen molar-refractivity contribution in [2.45, 2.75) is 25.3 Å². The third kappa shape index (κ3) is 2.76. The minimum absolute atomic E-state index is 0.166. The minimum atomic E-state index is -0.346. The Bertz CT molecular complexity index is 699. The topological polar surface area (TPSA) is 92.7 Å². The fraction of sp³-hybridized carbons (Fsp3) is 0.385. The monoisotopic (exact) mass is 273 g/mol. The van der Waals surface area contributed by atoms with Crippen LogP contribution in [0.4, 0.5) is 0 Å². The molecule has 7 heteroatoms. The second kappa shape index (κ2) is 4.92. The fourth-order valence-electron chi connectivity index (χ4n) is 1.98. The van der Waals surface area contributed by atoms with Gasteiger partial charge in [-0.1, -0.05) is 0 Å². The summed E-state index contributed by atoms with van der Waals surface area (Å²) in [5, 5.41) is 6.76. The molecule has 2 aromatic rings. The molecule has 0 aliphatic heterocycles. The highest BCUT2D eigenvalue weighted by Gasteiger charge is 2.27. The standard InChI is InChI=1S/C13H15N5O2/c1-18-7-8(6-15-18)5-14-13(20)10-4-11(19)17-12(16-10)9-2-3-9/h4,6-7,9H,2-3,5H2,1H3,(H,14,20)(H,16,17,19). The molecule has 1 aliphatic rings. The molecule has 0 bridgehead atoms. The Morgan fingerprint density at radius 3 is 3.00 bits per heavy atom. The van der Waals surface area contributed by atoms with E-state index >= 15 is 0 Å². The van der Waals surface area contributed by atoms with Gasteiger partial charge in [-0.2, -0.15) is 5.10 Å². The Morgan fingerprint density at radius 2 is 2.35 bits per heavy atom. The molecular weight excluding hydrogens is 258 g/mol. The number of hydrogen-bond donors (Lipinski definition) is 2. The van der Waals surface area contributed by atoms with Crippen molar-refractivity contribution in [3.05, 3.63) is 45.9 Å². The first-order valence-corrected chi connectivity index (χ1v) is 6.49. The Labute approximate surface area is 115 Å². The molecular formula is C13H15N5O2. The van der Waals surface area contributed by atoms with Gasteiger partial charge in [-0.3, -0.25) is 14.3 Å². The third-order valence-electron chi connectivity index (χ3n) is 3.17. The van der Waals surface area contributed by atoms with Crippen molar-refractivity contribution in [1.29, 1.82) is 0 Å². The maximum absolute atomic E-state index is 12.0. The number of rotatable bonds is 4. The van der Waals surface area contributed by atoms with Crippen LogP contribution in [-0.4, -0.2) is 25.7 Å². The van der Waals surface area contributed by atoms with Gasteiger partial charge in [0, 0.05) is 37.3 Å². The molecule has 0 aromatic carbocycles. The van der Waals surface area contributed by atoms with Crippen LogP contribution in [0, 0.1) is 0 Å². The lowest BCUT2D eigenvalue weighted by atomic mass is 10.3. The van der Waals surface area contributed by atoms with Gasteiger partial charge in [0.25, 0.3) is 11.5 Å². The molecule has 2 aromatic heterocycles. The number of H-pyrrole nitrogens is 1. The average Bonchev–Trinajstić information content (AvgIpc) is 3.19.